The molecule has 0 spiro atoms. The third-order valence-electron chi connectivity index (χ3n) is 11.9. The van der Waals surface area contributed by atoms with E-state index in [2.05, 4.69) is 21.9 Å². The van der Waals surface area contributed by atoms with Crippen LogP contribution in [0.2, 0.25) is 0 Å². The van der Waals surface area contributed by atoms with Crippen LogP contribution in [0.1, 0.15) is 35.1 Å². The largest absolute Gasteiger partial charge is 0.423 e. The van der Waals surface area contributed by atoms with Crippen LogP contribution in [0.5, 0.6) is 11.5 Å². The maximum Gasteiger partial charge on any atom is 0.415 e. The Morgan fingerprint density at radius 1 is 0.676 bits per heavy atom. The Morgan fingerprint density at radius 2 is 1.17 bits per heavy atom. The smallest absolute Gasteiger partial charge is 0.415 e. The summed E-state index contributed by atoms with van der Waals surface area (Å²) in [6.45, 7) is 6.50. The molecule has 6 aromatic rings. The highest BCUT2D eigenvalue weighted by Gasteiger charge is 2.34. The maximum absolute atomic E-state index is 13.2. The third kappa shape index (κ3) is 14.5. The van der Waals surface area contributed by atoms with E-state index in [1.807, 2.05) is 67.6 Å². The Labute approximate surface area is 415 Å². The van der Waals surface area contributed by atoms with Crippen LogP contribution in [0.3, 0.4) is 0 Å². The Morgan fingerprint density at radius 3 is 1.68 bits per heavy atom. The monoisotopic (exact) mass is 986 g/mol. The summed E-state index contributed by atoms with van der Waals surface area (Å²) in [6, 6.07) is 30.7. The molecule has 2 atom stereocenters. The molecule has 18 heteroatoms. The van der Waals surface area contributed by atoms with E-state index in [9.17, 15) is 33.6 Å². The predicted octanol–water partition coefficient (Wildman–Crippen LogP) is 5.54. The van der Waals surface area contributed by atoms with Gasteiger partial charge in [0.05, 0.1) is 24.9 Å². The SMILES string of the molecule is C#CCCC(=O)N1CCN(C(=O)Oc2ccc3c(C)cc(=O)oc3c2)C(CNC(=O)Cc2ccccc2)C1.Cc1cc(=O)oc2cc(OC(=O)N3CCNCC3CNC(=O)Cc3ccccc3)ccc12.Cl. The Kier molecular flexibility index (Phi) is 18.5. The van der Waals surface area contributed by atoms with Crippen molar-refractivity contribution >= 4 is 64.3 Å². The Balaban J connectivity index is 0.000000232. The number of nitrogens with zero attached hydrogens (tertiary/aromatic N) is 3. The van der Waals surface area contributed by atoms with E-state index in [-0.39, 0.29) is 80.8 Å². The van der Waals surface area contributed by atoms with Crippen molar-refractivity contribution in [3.05, 3.63) is 152 Å². The number of carbonyl (C=O) groups excluding carboxylic acids is 5. The second-order valence-electron chi connectivity index (χ2n) is 16.9. The van der Waals surface area contributed by atoms with Crippen LogP contribution in [0.4, 0.5) is 9.59 Å². The average Bonchev–Trinajstić information content (AvgIpc) is 3.34. The van der Waals surface area contributed by atoms with E-state index in [1.165, 1.54) is 23.1 Å². The van der Waals surface area contributed by atoms with Gasteiger partial charge < -0.3 is 44.1 Å². The van der Waals surface area contributed by atoms with Gasteiger partial charge in [0.1, 0.15) is 22.7 Å². The van der Waals surface area contributed by atoms with Gasteiger partial charge in [0.15, 0.2) is 0 Å². The van der Waals surface area contributed by atoms with E-state index >= 15 is 0 Å². The summed E-state index contributed by atoms with van der Waals surface area (Å²) >= 11 is 0. The minimum absolute atomic E-state index is 0. The lowest BCUT2D eigenvalue weighted by Crippen LogP contribution is -2.60. The summed E-state index contributed by atoms with van der Waals surface area (Å²) in [5, 5.41) is 10.6. The molecule has 17 nitrogen and oxygen atoms in total. The van der Waals surface area contributed by atoms with Crippen LogP contribution >= 0.6 is 12.4 Å². The second-order valence-corrected chi connectivity index (χ2v) is 16.9. The maximum atomic E-state index is 13.2. The van der Waals surface area contributed by atoms with Crippen molar-refractivity contribution < 1.29 is 42.3 Å². The number of benzene rings is 4. The molecule has 2 unspecified atom stereocenters. The summed E-state index contributed by atoms with van der Waals surface area (Å²) in [5.41, 5.74) is 3.09. The number of nitrogens with one attached hydrogen (secondary N) is 3. The molecule has 370 valence electrons. The summed E-state index contributed by atoms with van der Waals surface area (Å²) in [7, 11) is 0. The van der Waals surface area contributed by atoms with Crippen LogP contribution in [-0.4, -0.2) is 109 Å². The lowest BCUT2D eigenvalue weighted by Gasteiger charge is -2.40. The molecule has 0 aliphatic carbocycles. The molecule has 5 amide bonds. The zero-order valence-corrected chi connectivity index (χ0v) is 40.2. The quantitative estimate of drug-likeness (QED) is 0.102. The first-order chi connectivity index (χ1) is 33.8. The number of terminal acetylenes is 1. The number of hydrogen-bond acceptors (Lipinski definition) is 12. The molecule has 0 bridgehead atoms. The summed E-state index contributed by atoms with van der Waals surface area (Å²) in [6.07, 6.45) is 5.20. The number of fused-ring (bicyclic) bond motifs is 2. The summed E-state index contributed by atoms with van der Waals surface area (Å²) < 4.78 is 21.7. The molecule has 4 heterocycles. The minimum Gasteiger partial charge on any atom is -0.423 e. The number of ether oxygens (including phenoxy) is 2. The summed E-state index contributed by atoms with van der Waals surface area (Å²) in [5.74, 6) is 2.58. The van der Waals surface area contributed by atoms with E-state index < -0.39 is 29.5 Å². The van der Waals surface area contributed by atoms with Gasteiger partial charge in [-0.25, -0.2) is 19.2 Å². The lowest BCUT2D eigenvalue weighted by molar-refractivity contribution is -0.133. The van der Waals surface area contributed by atoms with Crippen molar-refractivity contribution in [1.29, 1.82) is 0 Å². The second kappa shape index (κ2) is 25.1. The normalized spacial score (nSPS) is 15.3. The average molecular weight is 988 g/mol. The first-order valence-corrected chi connectivity index (χ1v) is 22.9. The number of hydrogen-bond donors (Lipinski definition) is 3. The number of carbonyl (C=O) groups is 5. The molecular formula is C53H55ClN6O11. The van der Waals surface area contributed by atoms with E-state index in [0.717, 1.165) is 33.0 Å². The van der Waals surface area contributed by atoms with Gasteiger partial charge >= 0.3 is 23.4 Å². The third-order valence-corrected chi connectivity index (χ3v) is 11.9. The van der Waals surface area contributed by atoms with Crippen LogP contribution in [0, 0.1) is 26.2 Å². The van der Waals surface area contributed by atoms with Crippen LogP contribution in [0.25, 0.3) is 21.9 Å². The highest BCUT2D eigenvalue weighted by Crippen LogP contribution is 2.25. The van der Waals surface area contributed by atoms with E-state index in [4.69, 9.17) is 24.7 Å². The van der Waals surface area contributed by atoms with Crippen molar-refractivity contribution in [1.82, 2.24) is 30.7 Å². The van der Waals surface area contributed by atoms with Crippen molar-refractivity contribution in [2.24, 2.45) is 0 Å². The van der Waals surface area contributed by atoms with E-state index in [1.54, 1.807) is 47.1 Å². The van der Waals surface area contributed by atoms with Gasteiger partial charge in [-0.1, -0.05) is 60.7 Å². The molecule has 8 rings (SSSR count). The number of aryl methyl sites for hydroxylation is 2. The number of halogens is 1. The highest BCUT2D eigenvalue weighted by atomic mass is 35.5. The molecule has 4 aromatic carbocycles. The molecule has 2 aromatic heterocycles. The molecule has 71 heavy (non-hydrogen) atoms. The Hall–Kier alpha value is -7.94. The number of rotatable bonds is 12. The van der Waals surface area contributed by atoms with Gasteiger partial charge in [-0.05, 0) is 60.4 Å². The predicted molar refractivity (Wildman–Crippen MR) is 269 cm³/mol. The zero-order chi connectivity index (χ0) is 49.6. The highest BCUT2D eigenvalue weighted by molar-refractivity contribution is 5.86. The van der Waals surface area contributed by atoms with Crippen molar-refractivity contribution in [3.8, 4) is 23.8 Å². The first kappa shape index (κ1) is 52.4. The molecule has 2 fully saturated rings. The number of piperazine rings is 2. The van der Waals surface area contributed by atoms with Gasteiger partial charge in [-0.15, -0.1) is 24.8 Å². The fourth-order valence-electron chi connectivity index (χ4n) is 8.22. The molecule has 2 aliphatic rings. The first-order valence-electron chi connectivity index (χ1n) is 22.9. The Bertz CT molecular complexity index is 3010. The van der Waals surface area contributed by atoms with Gasteiger partial charge in [-0.3, -0.25) is 19.3 Å². The molecule has 2 aliphatic heterocycles. The van der Waals surface area contributed by atoms with Crippen molar-refractivity contribution in [2.75, 3.05) is 52.4 Å². The fourth-order valence-corrected chi connectivity index (χ4v) is 8.22. The van der Waals surface area contributed by atoms with Gasteiger partial charge in [0, 0.05) is 100 Å². The fraction of sp³-hybridized carbons (Fsp3) is 0.302. The van der Waals surface area contributed by atoms with E-state index in [0.29, 0.717) is 56.1 Å². The zero-order valence-electron chi connectivity index (χ0n) is 39.4. The van der Waals surface area contributed by atoms with Crippen LogP contribution < -0.4 is 36.7 Å². The van der Waals surface area contributed by atoms with Crippen LogP contribution in [0.15, 0.2) is 128 Å². The molecule has 2 saturated heterocycles. The van der Waals surface area contributed by atoms with Gasteiger partial charge in [-0.2, -0.15) is 0 Å². The summed E-state index contributed by atoms with van der Waals surface area (Å²) in [4.78, 5) is 91.7. The standard InChI is InChI=1S/C29H29N3O6.C24H25N3O5.ClH/c1-3-4-10-27(34)31-13-14-32(22(19-31)18-30-26(33)16-21-8-6-5-7-9-21)29(36)37-23-11-12-24-20(2)15-28(35)38-25(24)17-23;1-16-11-23(29)32-21-13-19(7-8-20(16)21)31-24(30)27-10-9-25-14-18(27)15-26-22(28)12-17-5-3-2-4-6-17;/h1,5-9,11-12,15,17,22H,4,10,13-14,16,18-19H2,2H3,(H,30,33);2-8,11,13,18,25H,9-10,12,14-15H2,1H3,(H,26,28);1H. The molecule has 3 N–H and O–H groups in total. The molecule has 0 saturated carbocycles. The lowest BCUT2D eigenvalue weighted by atomic mass is 10.1. The van der Waals surface area contributed by atoms with Crippen molar-refractivity contribution in [3.63, 3.8) is 0 Å². The van der Waals surface area contributed by atoms with Crippen LogP contribution in [-0.2, 0) is 27.2 Å². The number of amides is 5. The minimum atomic E-state index is -0.627. The molecule has 0 radical (unpaired) electrons. The van der Waals surface area contributed by atoms with Gasteiger partial charge in [0.25, 0.3) is 0 Å². The topological polar surface area (TPSA) is 210 Å². The molecular weight excluding hydrogens is 932 g/mol. The van der Waals surface area contributed by atoms with Gasteiger partial charge in [0.2, 0.25) is 17.7 Å². The van der Waals surface area contributed by atoms with Crippen molar-refractivity contribution in [2.45, 2.75) is 51.6 Å².